The molecule has 2 N–H and O–H groups in total. The zero-order valence-electron chi connectivity index (χ0n) is 12.4. The minimum absolute atomic E-state index is 0. The van der Waals surface area contributed by atoms with E-state index in [2.05, 4.69) is 13.8 Å². The first kappa shape index (κ1) is 18.9. The number of rotatable bonds is 7. The van der Waals surface area contributed by atoms with E-state index in [1.165, 1.54) is 0 Å². The van der Waals surface area contributed by atoms with Crippen molar-refractivity contribution >= 4 is 18.3 Å². The van der Waals surface area contributed by atoms with Gasteiger partial charge in [0.1, 0.15) is 6.04 Å². The van der Waals surface area contributed by atoms with Crippen LogP contribution in [0.4, 0.5) is 0 Å². The maximum atomic E-state index is 12.3. The van der Waals surface area contributed by atoms with Crippen LogP contribution in [0.3, 0.4) is 0 Å². The highest BCUT2D eigenvalue weighted by atomic mass is 35.5. The Labute approximate surface area is 127 Å². The highest BCUT2D eigenvalue weighted by molar-refractivity contribution is 5.85. The van der Waals surface area contributed by atoms with Crippen LogP contribution >= 0.6 is 12.4 Å². The molecule has 4 nitrogen and oxygen atoms in total. The second kappa shape index (κ2) is 9.75. The van der Waals surface area contributed by atoms with E-state index < -0.39 is 6.04 Å². The summed E-state index contributed by atoms with van der Waals surface area (Å²) >= 11 is 0. The van der Waals surface area contributed by atoms with Crippen LogP contribution < -0.4 is 5.73 Å². The Morgan fingerprint density at radius 3 is 2.40 bits per heavy atom. The molecule has 1 unspecified atom stereocenters. The topological polar surface area (TPSA) is 55.6 Å². The molecule has 1 amide bonds. The van der Waals surface area contributed by atoms with Gasteiger partial charge in [-0.05, 0) is 11.5 Å². The van der Waals surface area contributed by atoms with Crippen molar-refractivity contribution in [1.82, 2.24) is 4.90 Å². The molecule has 1 aromatic rings. The Morgan fingerprint density at radius 2 is 1.90 bits per heavy atom. The van der Waals surface area contributed by atoms with Crippen molar-refractivity contribution in [2.24, 2.45) is 11.7 Å². The van der Waals surface area contributed by atoms with E-state index in [0.29, 0.717) is 19.0 Å². The van der Waals surface area contributed by atoms with Crippen molar-refractivity contribution in [3.05, 3.63) is 35.9 Å². The summed E-state index contributed by atoms with van der Waals surface area (Å²) in [4.78, 5) is 14.1. The van der Waals surface area contributed by atoms with Gasteiger partial charge in [0.15, 0.2) is 0 Å². The molecular formula is C15H25ClN2O2. The highest BCUT2D eigenvalue weighted by Gasteiger charge is 2.21. The van der Waals surface area contributed by atoms with Crippen molar-refractivity contribution in [2.75, 3.05) is 20.3 Å². The van der Waals surface area contributed by atoms with Gasteiger partial charge >= 0.3 is 0 Å². The predicted octanol–water partition coefficient (Wildman–Crippen LogP) is 2.07. The van der Waals surface area contributed by atoms with Crippen molar-refractivity contribution in [3.63, 3.8) is 0 Å². The Balaban J connectivity index is 0.00000361. The molecule has 0 spiro atoms. The molecule has 20 heavy (non-hydrogen) atoms. The van der Waals surface area contributed by atoms with E-state index in [4.69, 9.17) is 10.5 Å². The van der Waals surface area contributed by atoms with Gasteiger partial charge in [-0.25, -0.2) is 0 Å². The molecule has 0 aliphatic carbocycles. The number of nitrogens with two attached hydrogens (primary N) is 1. The molecule has 114 valence electrons. The summed E-state index contributed by atoms with van der Waals surface area (Å²) in [7, 11) is 1.55. The number of carbonyl (C=O) groups is 1. The fourth-order valence-electron chi connectivity index (χ4n) is 1.96. The van der Waals surface area contributed by atoms with E-state index in [1.807, 2.05) is 35.2 Å². The zero-order chi connectivity index (χ0) is 14.3. The summed E-state index contributed by atoms with van der Waals surface area (Å²) < 4.78 is 4.96. The summed E-state index contributed by atoms with van der Waals surface area (Å²) in [5, 5.41) is 0. The van der Waals surface area contributed by atoms with E-state index in [0.717, 1.165) is 5.56 Å². The van der Waals surface area contributed by atoms with Gasteiger partial charge in [-0.2, -0.15) is 0 Å². The van der Waals surface area contributed by atoms with Crippen molar-refractivity contribution in [2.45, 2.75) is 26.4 Å². The average molecular weight is 301 g/mol. The van der Waals surface area contributed by atoms with Crippen molar-refractivity contribution in [1.29, 1.82) is 0 Å². The van der Waals surface area contributed by atoms with Crippen LogP contribution in [0.5, 0.6) is 0 Å². The lowest BCUT2D eigenvalue weighted by Crippen LogP contribution is -2.46. The van der Waals surface area contributed by atoms with Gasteiger partial charge in [-0.15, -0.1) is 12.4 Å². The third kappa shape index (κ3) is 6.37. The van der Waals surface area contributed by atoms with Crippen molar-refractivity contribution in [3.8, 4) is 0 Å². The molecule has 0 aromatic heterocycles. The van der Waals surface area contributed by atoms with Crippen LogP contribution in [-0.4, -0.2) is 37.1 Å². The van der Waals surface area contributed by atoms with Gasteiger partial charge in [0.25, 0.3) is 0 Å². The number of hydrogen-bond donors (Lipinski definition) is 1. The number of halogens is 1. The molecule has 0 bridgehead atoms. The molecule has 1 aromatic carbocycles. The van der Waals surface area contributed by atoms with E-state index in [-0.39, 0.29) is 24.9 Å². The predicted molar refractivity (Wildman–Crippen MR) is 83.8 cm³/mol. The number of benzene rings is 1. The van der Waals surface area contributed by atoms with Gasteiger partial charge < -0.3 is 15.4 Å². The number of methoxy groups -OCH3 is 1. The Bertz CT molecular complexity index is 385. The monoisotopic (exact) mass is 300 g/mol. The van der Waals surface area contributed by atoms with Crippen LogP contribution in [0.15, 0.2) is 30.3 Å². The summed E-state index contributed by atoms with van der Waals surface area (Å²) in [5.41, 5.74) is 6.95. The third-order valence-electron chi connectivity index (χ3n) is 2.78. The fourth-order valence-corrected chi connectivity index (χ4v) is 1.96. The third-order valence-corrected chi connectivity index (χ3v) is 2.78. The average Bonchev–Trinajstić information content (AvgIpc) is 2.38. The number of hydrogen-bond acceptors (Lipinski definition) is 3. The maximum absolute atomic E-state index is 12.3. The number of nitrogens with zero attached hydrogens (tertiary/aromatic N) is 1. The second-order valence-electron chi connectivity index (χ2n) is 5.16. The molecule has 1 atom stereocenters. The first-order chi connectivity index (χ1) is 9.04. The molecule has 0 aliphatic heterocycles. The first-order valence-electron chi connectivity index (χ1n) is 6.61. The van der Waals surface area contributed by atoms with Crippen LogP contribution in [0.1, 0.15) is 19.4 Å². The summed E-state index contributed by atoms with van der Waals surface area (Å²) in [6.45, 7) is 5.73. The maximum Gasteiger partial charge on any atom is 0.242 e. The van der Waals surface area contributed by atoms with E-state index >= 15 is 0 Å². The molecule has 0 fully saturated rings. The number of amides is 1. The lowest BCUT2D eigenvalue weighted by Gasteiger charge is -2.27. The number of ether oxygens (including phenoxy) is 1. The smallest absolute Gasteiger partial charge is 0.242 e. The largest absolute Gasteiger partial charge is 0.383 e. The molecule has 1 rings (SSSR count). The second-order valence-corrected chi connectivity index (χ2v) is 5.16. The lowest BCUT2D eigenvalue weighted by molar-refractivity contribution is -0.135. The van der Waals surface area contributed by atoms with Gasteiger partial charge in [0, 0.05) is 20.2 Å². The van der Waals surface area contributed by atoms with Gasteiger partial charge in [-0.3, -0.25) is 4.79 Å². The fraction of sp³-hybridized carbons (Fsp3) is 0.533. The normalized spacial score (nSPS) is 11.8. The molecule has 0 aliphatic rings. The molecular weight excluding hydrogens is 276 g/mol. The van der Waals surface area contributed by atoms with Gasteiger partial charge in [-0.1, -0.05) is 44.2 Å². The zero-order valence-corrected chi connectivity index (χ0v) is 13.2. The van der Waals surface area contributed by atoms with Crippen LogP contribution in [0.25, 0.3) is 0 Å². The molecule has 0 heterocycles. The Kier molecular flexibility index (Phi) is 9.21. The first-order valence-corrected chi connectivity index (χ1v) is 6.61. The van der Waals surface area contributed by atoms with Crippen LogP contribution in [-0.2, 0) is 16.1 Å². The minimum Gasteiger partial charge on any atom is -0.383 e. The molecule has 0 radical (unpaired) electrons. The Morgan fingerprint density at radius 1 is 1.30 bits per heavy atom. The minimum atomic E-state index is -0.590. The van der Waals surface area contributed by atoms with Crippen molar-refractivity contribution < 1.29 is 9.53 Å². The molecule has 0 saturated heterocycles. The van der Waals surface area contributed by atoms with Crippen LogP contribution in [0.2, 0.25) is 0 Å². The molecule has 5 heteroatoms. The molecule has 0 saturated carbocycles. The van der Waals surface area contributed by atoms with Crippen LogP contribution in [0, 0.1) is 5.92 Å². The quantitative estimate of drug-likeness (QED) is 0.838. The lowest BCUT2D eigenvalue weighted by atomic mass is 10.1. The van der Waals surface area contributed by atoms with Gasteiger partial charge in [0.2, 0.25) is 5.91 Å². The highest BCUT2D eigenvalue weighted by Crippen LogP contribution is 2.09. The summed E-state index contributed by atoms with van der Waals surface area (Å²) in [5.74, 6) is 0.349. The summed E-state index contributed by atoms with van der Waals surface area (Å²) in [6, 6.07) is 9.36. The summed E-state index contributed by atoms with van der Waals surface area (Å²) in [6.07, 6.45) is 0. The van der Waals surface area contributed by atoms with Gasteiger partial charge in [0.05, 0.1) is 6.61 Å². The number of carbonyl (C=O) groups excluding carboxylic acids is 1. The van der Waals surface area contributed by atoms with E-state index in [9.17, 15) is 4.79 Å². The Hall–Kier alpha value is -1.10. The SMILES string of the molecule is COCC(N)C(=O)N(Cc1ccccc1)CC(C)C.Cl. The standard InChI is InChI=1S/C15H24N2O2.ClH/c1-12(2)9-17(15(18)14(16)11-19-3)10-13-7-5-4-6-8-13;/h4-8,12,14H,9-11,16H2,1-3H3;1H. The van der Waals surface area contributed by atoms with E-state index in [1.54, 1.807) is 7.11 Å².